The molecule has 3 aromatic rings. The molecule has 30 heavy (non-hydrogen) atoms. The molecule has 0 saturated carbocycles. The van der Waals surface area contributed by atoms with E-state index in [0.29, 0.717) is 5.13 Å². The second-order valence-electron chi connectivity index (χ2n) is 5.39. The number of hydrogen-bond donors (Lipinski definition) is 3. The molecule has 0 aliphatic rings. The first kappa shape index (κ1) is 31.6. The van der Waals surface area contributed by atoms with Gasteiger partial charge in [0.15, 0.2) is 9.09 Å². The van der Waals surface area contributed by atoms with Crippen molar-refractivity contribution >= 4 is 51.4 Å². The summed E-state index contributed by atoms with van der Waals surface area (Å²) in [5.41, 5.74) is 5.36. The van der Waals surface area contributed by atoms with Gasteiger partial charge in [-0.05, 0) is 31.5 Å². The Kier molecular flexibility index (Phi) is 21.4. The number of nitrogens with zero attached hydrogens (tertiary/aromatic N) is 1. The minimum atomic E-state index is 0. The van der Waals surface area contributed by atoms with Crippen molar-refractivity contribution in [3.8, 4) is 0 Å². The summed E-state index contributed by atoms with van der Waals surface area (Å²) >= 11 is 9.34. The van der Waals surface area contributed by atoms with Crippen LogP contribution < -0.4 is 10.6 Å². The molecule has 0 aromatic carbocycles. The number of nitrogens with one attached hydrogen (secondary N) is 2. The molecule has 0 spiro atoms. The van der Waals surface area contributed by atoms with Crippen molar-refractivity contribution in [1.82, 2.24) is 15.0 Å². The topological polar surface area (TPSA) is 87.6 Å². The monoisotopic (exact) mass is 560 g/mol. The van der Waals surface area contributed by atoms with E-state index in [0.717, 1.165) is 34.5 Å². The minimum absolute atomic E-state index is 0. The summed E-state index contributed by atoms with van der Waals surface area (Å²) in [6.07, 6.45) is 13.5. The molecular weight excluding hydrogens is 529 g/mol. The number of thiazole rings is 3. The first-order valence-electron chi connectivity index (χ1n) is 9.39. The molecular formula is C20H31N4OS4Y-. The summed E-state index contributed by atoms with van der Waals surface area (Å²) in [5.74, 6) is 0. The van der Waals surface area contributed by atoms with E-state index in [-0.39, 0.29) is 37.6 Å². The Labute approximate surface area is 222 Å². The fraction of sp³-hybridized carbons (Fsp3) is 0.400. The van der Waals surface area contributed by atoms with Crippen molar-refractivity contribution in [3.63, 3.8) is 0 Å². The van der Waals surface area contributed by atoms with E-state index in [4.69, 9.17) is 18.0 Å². The number of unbranched alkanes of at least 4 members (excludes halogenated alkanes) is 1. The first-order valence-corrected chi connectivity index (χ1v) is 12.2. The molecule has 165 valence electrons. The van der Waals surface area contributed by atoms with Crippen LogP contribution in [-0.4, -0.2) is 15.0 Å². The van der Waals surface area contributed by atoms with Gasteiger partial charge in [0.25, 0.3) is 0 Å². The molecule has 1 radical (unpaired) electrons. The van der Waals surface area contributed by atoms with E-state index in [9.17, 15) is 4.79 Å². The van der Waals surface area contributed by atoms with Gasteiger partial charge in [0.1, 0.15) is 0 Å². The predicted molar refractivity (Wildman–Crippen MR) is 134 cm³/mol. The summed E-state index contributed by atoms with van der Waals surface area (Å²) < 4.78 is 0.877. The van der Waals surface area contributed by atoms with Crippen LogP contribution in [0.25, 0.3) is 0 Å². The predicted octanol–water partition coefficient (Wildman–Crippen LogP) is 6.44. The van der Waals surface area contributed by atoms with Crippen LogP contribution in [0, 0.1) is 10.4 Å². The number of rotatable bonds is 5. The number of allylic oxidation sites excluding steroid dienone is 1. The Hall–Kier alpha value is -0.576. The van der Waals surface area contributed by atoms with E-state index < -0.39 is 0 Å². The number of anilines is 1. The Bertz CT molecular complexity index is 846. The van der Waals surface area contributed by atoms with Crippen molar-refractivity contribution < 1.29 is 32.7 Å². The molecule has 0 bridgehead atoms. The largest absolute Gasteiger partial charge is 0.375 e. The first-order chi connectivity index (χ1) is 13.9. The Morgan fingerprint density at radius 1 is 1.07 bits per heavy atom. The maximum atomic E-state index is 10.4. The number of nitrogens with two attached hydrogens (primary N) is 1. The molecule has 3 rings (SSSR count). The van der Waals surface area contributed by atoms with Gasteiger partial charge in [0.2, 0.25) is 0 Å². The third-order valence-corrected chi connectivity index (χ3v) is 6.45. The summed E-state index contributed by atoms with van der Waals surface area (Å²) in [7, 11) is 0. The molecule has 3 heterocycles. The maximum Gasteiger partial charge on any atom is 0.304 e. The van der Waals surface area contributed by atoms with Crippen molar-refractivity contribution in [3.05, 3.63) is 65.9 Å². The van der Waals surface area contributed by atoms with Crippen molar-refractivity contribution in [1.29, 1.82) is 0 Å². The maximum absolute atomic E-state index is 10.4. The van der Waals surface area contributed by atoms with Crippen LogP contribution in [0.15, 0.2) is 36.0 Å². The van der Waals surface area contributed by atoms with Gasteiger partial charge in [-0.1, -0.05) is 39.0 Å². The van der Waals surface area contributed by atoms with Gasteiger partial charge in [0.05, 0.1) is 0 Å². The van der Waals surface area contributed by atoms with Crippen LogP contribution >= 0.6 is 46.2 Å². The Balaban J connectivity index is 0. The second-order valence-corrected chi connectivity index (χ2v) is 9.44. The number of H-pyrrole nitrogens is 2. The molecule has 0 unspecified atom stereocenters. The third-order valence-electron chi connectivity index (χ3n) is 3.17. The van der Waals surface area contributed by atoms with E-state index in [1.54, 1.807) is 34.9 Å². The van der Waals surface area contributed by atoms with Gasteiger partial charge in [0, 0.05) is 65.9 Å². The van der Waals surface area contributed by atoms with Crippen molar-refractivity contribution in [2.24, 2.45) is 0 Å². The van der Waals surface area contributed by atoms with Crippen LogP contribution in [0.3, 0.4) is 0 Å². The summed E-state index contributed by atoms with van der Waals surface area (Å²) in [6, 6.07) is 0. The number of aromatic nitrogens is 3. The van der Waals surface area contributed by atoms with Gasteiger partial charge in [-0.2, -0.15) is 0 Å². The van der Waals surface area contributed by atoms with Crippen LogP contribution in [0.2, 0.25) is 0 Å². The van der Waals surface area contributed by atoms with Crippen LogP contribution in [0.1, 0.15) is 48.7 Å². The Morgan fingerprint density at radius 2 is 1.63 bits per heavy atom. The average Bonchev–Trinajstić information content (AvgIpc) is 3.45. The minimum Gasteiger partial charge on any atom is -0.375 e. The zero-order chi connectivity index (χ0) is 22.1. The van der Waals surface area contributed by atoms with Gasteiger partial charge in [-0.25, -0.2) is 24.1 Å². The smallest absolute Gasteiger partial charge is 0.304 e. The second kappa shape index (κ2) is 20.3. The number of aromatic amines is 2. The summed E-state index contributed by atoms with van der Waals surface area (Å²) in [5, 5.41) is 0.668. The molecule has 10 heteroatoms. The number of nitrogen functional groups attached to an aromatic ring is 1. The fourth-order valence-electron chi connectivity index (χ4n) is 1.64. The quantitative estimate of drug-likeness (QED) is 0.248. The molecule has 0 fully saturated rings. The van der Waals surface area contributed by atoms with Gasteiger partial charge in [-0.15, -0.1) is 29.1 Å². The molecule has 0 saturated heterocycles. The van der Waals surface area contributed by atoms with E-state index in [1.807, 2.05) is 25.7 Å². The van der Waals surface area contributed by atoms with Gasteiger partial charge < -0.3 is 15.7 Å². The fourth-order valence-corrected chi connectivity index (χ4v) is 3.88. The SMILES string of the molecule is C=C[CH-]CC.CCc1c[nH]c(=O)s1.CCc1c[nH]c(=S)s1.CCc1cnc(N)s1.[Y]. The Morgan fingerprint density at radius 3 is 1.83 bits per heavy atom. The molecule has 0 amide bonds. The van der Waals surface area contributed by atoms with E-state index >= 15 is 0 Å². The molecule has 0 aliphatic heterocycles. The number of hydrogen-bond acceptors (Lipinski definition) is 7. The van der Waals surface area contributed by atoms with Gasteiger partial charge >= 0.3 is 4.87 Å². The normalized spacial score (nSPS) is 8.80. The van der Waals surface area contributed by atoms with Crippen LogP contribution in [-0.2, 0) is 52.0 Å². The van der Waals surface area contributed by atoms with E-state index in [2.05, 4.69) is 42.3 Å². The third kappa shape index (κ3) is 16.2. The summed E-state index contributed by atoms with van der Waals surface area (Å²) in [4.78, 5) is 23.6. The molecule has 4 N–H and O–H groups in total. The van der Waals surface area contributed by atoms with Crippen LogP contribution in [0.5, 0.6) is 0 Å². The van der Waals surface area contributed by atoms with E-state index in [1.165, 1.54) is 21.1 Å². The molecule has 3 aromatic heterocycles. The molecule has 5 nitrogen and oxygen atoms in total. The van der Waals surface area contributed by atoms with Crippen LogP contribution in [0.4, 0.5) is 5.13 Å². The standard InChI is InChI=1S/C5H8N2S.C5H7NOS.C5H7NS2.C5H9.Y/c1-2-4-3-7-5(6)8-4;2*1-2-4-3-6-5(7)8-4;1-3-5-4-2;/h3H,2H2,1H3,(H2,6,7);2*3H,2H2,1H3,(H,6,7);3,5H,1,4H2,2H3;/q;;;-1;. The van der Waals surface area contributed by atoms with Crippen molar-refractivity contribution in [2.75, 3.05) is 5.73 Å². The molecule has 0 aliphatic carbocycles. The van der Waals surface area contributed by atoms with Crippen molar-refractivity contribution in [2.45, 2.75) is 53.4 Å². The zero-order valence-electron chi connectivity index (χ0n) is 18.1. The average molecular weight is 561 g/mol. The summed E-state index contributed by atoms with van der Waals surface area (Å²) in [6.45, 7) is 11.8. The molecule has 0 atom stereocenters. The zero-order valence-corrected chi connectivity index (χ0v) is 24.2. The van der Waals surface area contributed by atoms with Gasteiger partial charge in [-0.3, -0.25) is 4.79 Å². The number of aryl methyl sites for hydroxylation is 3.